The maximum Gasteiger partial charge on any atom is 0.417 e. The van der Waals surface area contributed by atoms with Crippen molar-refractivity contribution in [1.82, 2.24) is 18.9 Å². The number of Topliss-reactive ketones (excluding diaryl/α,β-unsaturated/α-hetero) is 1. The topological polar surface area (TPSA) is 332 Å². The third kappa shape index (κ3) is 29.7. The number of carboxylic acids is 1. The third-order valence-corrected chi connectivity index (χ3v) is 35.3. The number of halogens is 5. The smallest absolute Gasteiger partial charge is 0.417 e. The van der Waals surface area contributed by atoms with Crippen LogP contribution >= 0.6 is 58.3 Å². The molecule has 149 heavy (non-hydrogen) atoms. The first-order chi connectivity index (χ1) is 70.8. The largest absolute Gasteiger partial charge is 0.473 e. The number of nitrogens with one attached hydrogen (secondary N) is 4. The molecular formula is C111H127Cl3F2N12O15S6. The zero-order valence-electron chi connectivity index (χ0n) is 85.1. The molecule has 2 aromatic heterocycles. The van der Waals surface area contributed by atoms with Gasteiger partial charge in [0.1, 0.15) is 17.7 Å². The molecule has 0 unspecified atom stereocenters. The van der Waals surface area contributed by atoms with Gasteiger partial charge in [-0.05, 0) is 309 Å². The minimum Gasteiger partial charge on any atom is -0.473 e. The Hall–Kier alpha value is -11.5. The quantitative estimate of drug-likeness (QED) is 0.00919. The van der Waals surface area contributed by atoms with Crippen LogP contribution in [0.3, 0.4) is 0 Å². The van der Waals surface area contributed by atoms with Gasteiger partial charge >= 0.3 is 11.9 Å². The number of ketones is 1. The van der Waals surface area contributed by atoms with Crippen molar-refractivity contribution in [3.63, 3.8) is 0 Å². The van der Waals surface area contributed by atoms with Gasteiger partial charge in [0.05, 0.1) is 37.1 Å². The summed E-state index contributed by atoms with van der Waals surface area (Å²) in [6, 6.07) is 69.3. The molecule has 0 saturated carbocycles. The van der Waals surface area contributed by atoms with Gasteiger partial charge in [-0.2, -0.15) is 0 Å². The molecule has 10 aromatic carbocycles. The maximum absolute atomic E-state index is 15.8. The number of benzene rings is 10. The van der Waals surface area contributed by atoms with Gasteiger partial charge in [-0.3, -0.25) is 19.0 Å². The number of piperazine rings is 2. The number of sulfone groups is 2. The fraction of sp³-hybridized carbons (Fsp3) is 0.351. The van der Waals surface area contributed by atoms with Gasteiger partial charge in [0.15, 0.2) is 19.7 Å². The monoisotopic (exact) mass is 2200 g/mol. The second-order valence-electron chi connectivity index (χ2n) is 38.5. The summed E-state index contributed by atoms with van der Waals surface area (Å²) in [5.41, 5.74) is 13.2. The Bertz CT molecular complexity index is 7230. The first-order valence-electron chi connectivity index (χ1n) is 49.5. The van der Waals surface area contributed by atoms with E-state index < -0.39 is 80.4 Å². The average Bonchev–Trinajstić information content (AvgIpc) is 1.58. The van der Waals surface area contributed by atoms with Crippen molar-refractivity contribution in [3.05, 3.63) is 275 Å². The van der Waals surface area contributed by atoms with E-state index in [-0.39, 0.29) is 49.9 Å². The van der Waals surface area contributed by atoms with E-state index in [0.717, 1.165) is 120 Å². The standard InChI is InChI=1S/C55H62ClFN6O8S3.C53H62ClFN6O5S3.C3H3ClO2/c1-36(2)63-38(4)53(73(5,67)68)51(52(63)39-11-13-41(56)14-12-39)40-32-42(57)34-46(33-40)62-29-27-61(28-30-62)45-17-15-43(16-18-45)59-74(69,70)49-19-20-50(37(3)31-49)58-44(35-72-48-9-7-6-8-10-48)21-24-60-25-22-47(23-26-60)71-55(66)54(64)65;1-36(2)61-38(4)53(68(5,63)64)51(52(61)39-11-13-41(54)14-12-39)40-32-42(55)34-46(33-40)60-29-27-59(28-30-60)45-17-15-43(16-18-45)57-69(65,66)49-19-20-50(37(3)31-49)56-44(35-67-48-9-7-6-8-10-48)21-24-58-25-22-47(62)23-26-58;1-2(5)3(4)6/h6-20,31-34,36,44,47,58-59H,21-30,35H2,1-5H3,(H,64,65);6-20,31-34,36,44,47,56-57,62H,21-30,35H2,1-5H3;1H3/t2*44-;/m11./s1. The van der Waals surface area contributed by atoms with E-state index in [1.807, 2.05) is 154 Å². The lowest BCUT2D eigenvalue weighted by Gasteiger charge is -2.37. The van der Waals surface area contributed by atoms with Crippen LogP contribution in [0.2, 0.25) is 10.0 Å². The van der Waals surface area contributed by atoms with E-state index in [4.69, 9.17) is 33.0 Å². The van der Waals surface area contributed by atoms with Crippen LogP contribution in [0.15, 0.2) is 260 Å². The summed E-state index contributed by atoms with van der Waals surface area (Å²) < 4.78 is 155. The van der Waals surface area contributed by atoms with Crippen LogP contribution in [0.25, 0.3) is 44.8 Å². The Balaban J connectivity index is 0.000000223. The minimum absolute atomic E-state index is 0.0303. The van der Waals surface area contributed by atoms with E-state index in [0.29, 0.717) is 156 Å². The van der Waals surface area contributed by atoms with Gasteiger partial charge in [-0.25, -0.2) is 52.0 Å². The highest BCUT2D eigenvalue weighted by Crippen LogP contribution is 2.48. The summed E-state index contributed by atoms with van der Waals surface area (Å²) in [4.78, 5) is 58.0. The summed E-state index contributed by atoms with van der Waals surface area (Å²) in [7, 11) is -15.3. The van der Waals surface area contributed by atoms with Gasteiger partial charge in [0, 0.05) is 235 Å². The molecule has 16 rings (SSSR count). The SMILES string of the molecule is CC(=O)C(=O)Cl.Cc1cc(S(=O)(=O)Nc2ccc(N3CCN(c4cc(F)cc(-c5c(S(C)(=O)=O)c(C)n(C(C)C)c5-c5ccc(Cl)cc5)c4)CC3)cc2)ccc1N[C@H](CCN1CCC(O)CC1)CSc1ccccc1.Cc1cc(S(=O)(=O)Nc2ccc(N3CCN(c4cc(F)cc(-c5c(S(C)(=O)=O)c(C)n(C(C)C)c5-c5ccc(Cl)cc5)c4)CC3)cc2)ccc1N[C@H](CCN1CCC(OC(=O)C(=O)O)CC1)CSc1ccccc1. The Morgan fingerprint density at radius 2 is 0.785 bits per heavy atom. The number of esters is 1. The number of aliphatic carboxylic acids is 1. The number of thioether (sulfide) groups is 2. The highest BCUT2D eigenvalue weighted by Gasteiger charge is 2.36. The number of aliphatic hydroxyl groups is 1. The summed E-state index contributed by atoms with van der Waals surface area (Å²) in [5, 5.41) is 26.5. The molecule has 6 N–H and O–H groups in total. The highest BCUT2D eigenvalue weighted by molar-refractivity contribution is 7.99. The van der Waals surface area contributed by atoms with Crippen LogP contribution < -0.4 is 39.7 Å². The number of anilines is 8. The molecule has 0 spiro atoms. The van der Waals surface area contributed by atoms with Gasteiger partial charge in [0.2, 0.25) is 5.78 Å². The van der Waals surface area contributed by atoms with Crippen LogP contribution in [0.5, 0.6) is 0 Å². The molecule has 0 aliphatic carbocycles. The number of piperidine rings is 2. The van der Waals surface area contributed by atoms with Gasteiger partial charge in [-0.15, -0.1) is 23.5 Å². The molecule has 0 radical (unpaired) electrons. The minimum atomic E-state index is -3.95. The number of hydrogen-bond acceptors (Lipinski definition) is 24. The van der Waals surface area contributed by atoms with Crippen molar-refractivity contribution in [2.24, 2.45) is 0 Å². The summed E-state index contributed by atoms with van der Waals surface area (Å²) >= 11 is 20.7. The number of ether oxygens (including phenoxy) is 1. The molecule has 4 saturated heterocycles. The van der Waals surface area contributed by atoms with E-state index in [9.17, 15) is 58.0 Å². The zero-order chi connectivity index (χ0) is 107. The fourth-order valence-electron chi connectivity index (χ4n) is 19.5. The Labute approximate surface area is 896 Å². The number of aryl methyl sites for hydroxylation is 2. The molecule has 38 heteroatoms. The number of carbonyl (C=O) groups excluding carboxylic acids is 3. The van der Waals surface area contributed by atoms with Crippen molar-refractivity contribution >= 4 is 167 Å². The number of nitrogens with zero attached hydrogens (tertiary/aromatic N) is 8. The van der Waals surface area contributed by atoms with Crippen LogP contribution in [-0.4, -0.2) is 226 Å². The number of carboxylic acid groups (broad SMARTS) is 1. The highest BCUT2D eigenvalue weighted by atomic mass is 35.5. The molecule has 0 amide bonds. The van der Waals surface area contributed by atoms with Crippen molar-refractivity contribution in [2.75, 3.05) is 155 Å². The molecule has 4 fully saturated rings. The van der Waals surface area contributed by atoms with Crippen molar-refractivity contribution in [2.45, 2.75) is 167 Å². The molecule has 792 valence electrons. The van der Waals surface area contributed by atoms with Gasteiger partial charge < -0.3 is 64.1 Å². The normalized spacial score (nSPS) is 15.2. The second-order valence-corrected chi connectivity index (χ2v) is 49.2. The van der Waals surface area contributed by atoms with Crippen LogP contribution in [0.4, 0.5) is 54.3 Å². The Morgan fingerprint density at radius 1 is 0.443 bits per heavy atom. The van der Waals surface area contributed by atoms with Crippen molar-refractivity contribution < 1.29 is 76.6 Å². The molecule has 2 atom stereocenters. The lowest BCUT2D eigenvalue weighted by atomic mass is 9.99. The van der Waals surface area contributed by atoms with Crippen LogP contribution in [0.1, 0.15) is 108 Å². The Kier molecular flexibility index (Phi) is 38.1. The zero-order valence-corrected chi connectivity index (χ0v) is 92.2. The van der Waals surface area contributed by atoms with Crippen LogP contribution in [-0.2, 0) is 63.6 Å². The maximum atomic E-state index is 15.8. The molecule has 27 nitrogen and oxygen atoms in total. The van der Waals surface area contributed by atoms with Crippen LogP contribution in [0, 0.1) is 39.3 Å². The summed E-state index contributed by atoms with van der Waals surface area (Å²) in [6.07, 6.45) is 6.18. The van der Waals surface area contributed by atoms with Gasteiger partial charge in [0.25, 0.3) is 25.3 Å². The first kappa shape index (κ1) is 113. The molecule has 4 aliphatic rings. The Morgan fingerprint density at radius 3 is 1.11 bits per heavy atom. The number of likely N-dealkylation sites (tertiary alicyclic amines) is 2. The molecular weight excluding hydrogens is 2080 g/mol. The van der Waals surface area contributed by atoms with E-state index in [1.165, 1.54) is 41.7 Å². The number of sulfonamides is 2. The van der Waals surface area contributed by atoms with Crippen molar-refractivity contribution in [1.29, 1.82) is 0 Å². The number of rotatable bonds is 36. The number of aromatic nitrogens is 2. The number of carbonyl (C=O) groups is 4. The summed E-state index contributed by atoms with van der Waals surface area (Å²) in [6.45, 7) is 26.0. The number of aliphatic hydroxyl groups excluding tert-OH is 1. The summed E-state index contributed by atoms with van der Waals surface area (Å²) in [5.74, 6) is -2.77. The predicted molar refractivity (Wildman–Crippen MR) is 598 cm³/mol. The average molecular weight is 2210 g/mol. The first-order valence-corrected chi connectivity index (χ1v) is 59.3. The van der Waals surface area contributed by atoms with E-state index in [2.05, 4.69) is 85.3 Å². The molecule has 12 aromatic rings. The third-order valence-electron chi connectivity index (χ3n) is 26.9. The number of hydrogen-bond donors (Lipinski definition) is 6. The molecule has 4 aliphatic heterocycles. The molecule has 6 heterocycles. The fourth-order valence-corrected chi connectivity index (χ4v) is 26.5. The van der Waals surface area contributed by atoms with Crippen molar-refractivity contribution in [3.8, 4) is 44.8 Å². The molecule has 0 bridgehead atoms. The van der Waals surface area contributed by atoms with E-state index in [1.54, 1.807) is 116 Å². The lowest BCUT2D eigenvalue weighted by Crippen LogP contribution is -2.46. The predicted octanol–water partition coefficient (Wildman–Crippen LogP) is 21.5. The second kappa shape index (κ2) is 50.2. The van der Waals surface area contributed by atoms with Gasteiger partial charge in [-0.1, -0.05) is 83.9 Å². The lowest BCUT2D eigenvalue weighted by molar-refractivity contribution is -0.168. The van der Waals surface area contributed by atoms with E-state index >= 15 is 8.78 Å².